The molecule has 0 aliphatic heterocycles. The van der Waals surface area contributed by atoms with Crippen molar-refractivity contribution in [1.29, 1.82) is 0 Å². The summed E-state index contributed by atoms with van der Waals surface area (Å²) in [5, 5.41) is 13.4. The third kappa shape index (κ3) is 3.59. The van der Waals surface area contributed by atoms with Gasteiger partial charge in [0.1, 0.15) is 0 Å². The first kappa shape index (κ1) is 10.3. The molecule has 13 heavy (non-hydrogen) atoms. The Morgan fingerprint density at radius 1 is 1.46 bits per heavy atom. The van der Waals surface area contributed by atoms with E-state index >= 15 is 0 Å². The summed E-state index contributed by atoms with van der Waals surface area (Å²) < 4.78 is 1.93. The lowest BCUT2D eigenvalue weighted by Crippen LogP contribution is -2.05. The highest BCUT2D eigenvalue weighted by Crippen LogP contribution is 2.04. The highest BCUT2D eigenvalue weighted by atomic mass is 16.3. The summed E-state index contributed by atoms with van der Waals surface area (Å²) in [6.45, 7) is 7.06. The van der Waals surface area contributed by atoms with Gasteiger partial charge in [0.15, 0.2) is 0 Å². The smallest absolute Gasteiger partial charge is 0.0553 e. The second-order valence-electron chi connectivity index (χ2n) is 4.02. The molecule has 3 heteroatoms. The van der Waals surface area contributed by atoms with Crippen LogP contribution in [0.15, 0.2) is 12.4 Å². The van der Waals surface area contributed by atoms with Gasteiger partial charge in [-0.15, -0.1) is 0 Å². The monoisotopic (exact) mass is 182 g/mol. The molecule has 0 aromatic carbocycles. The number of hydrogen-bond donors (Lipinski definition) is 1. The lowest BCUT2D eigenvalue weighted by atomic mass is 10.2. The van der Waals surface area contributed by atoms with Crippen molar-refractivity contribution in [1.82, 2.24) is 9.78 Å². The van der Waals surface area contributed by atoms with E-state index in [1.807, 2.05) is 17.1 Å². The molecule has 1 aromatic heterocycles. The van der Waals surface area contributed by atoms with Gasteiger partial charge < -0.3 is 5.11 Å². The standard InChI is InChI=1S/C10H18N2O/c1-8(2)6-12-7-10(5-11-12)4-9(3)13/h5,7-9,13H,4,6H2,1-3H3/t9-/m0/s1. The molecule has 0 amide bonds. The molecule has 1 aromatic rings. The van der Waals surface area contributed by atoms with E-state index < -0.39 is 0 Å². The van der Waals surface area contributed by atoms with Crippen molar-refractivity contribution < 1.29 is 5.11 Å². The van der Waals surface area contributed by atoms with Crippen LogP contribution in [0.1, 0.15) is 26.3 Å². The van der Waals surface area contributed by atoms with E-state index in [1.165, 1.54) is 0 Å². The number of aromatic nitrogens is 2. The molecule has 0 radical (unpaired) electrons. The number of hydrogen-bond acceptors (Lipinski definition) is 2. The highest BCUT2D eigenvalue weighted by Gasteiger charge is 2.03. The molecular formula is C10H18N2O. The van der Waals surface area contributed by atoms with Gasteiger partial charge in [-0.25, -0.2) is 0 Å². The summed E-state index contributed by atoms with van der Waals surface area (Å²) in [5.74, 6) is 0.610. The van der Waals surface area contributed by atoms with Crippen molar-refractivity contribution in [2.45, 2.75) is 39.8 Å². The predicted molar refractivity (Wildman–Crippen MR) is 52.4 cm³/mol. The minimum absolute atomic E-state index is 0.281. The van der Waals surface area contributed by atoms with Gasteiger partial charge in [0.2, 0.25) is 0 Å². The number of aliphatic hydroxyl groups is 1. The Morgan fingerprint density at radius 3 is 2.69 bits per heavy atom. The van der Waals surface area contributed by atoms with Gasteiger partial charge in [-0.1, -0.05) is 13.8 Å². The molecular weight excluding hydrogens is 164 g/mol. The summed E-state index contributed by atoms with van der Waals surface area (Å²) >= 11 is 0. The Hall–Kier alpha value is -0.830. The van der Waals surface area contributed by atoms with Crippen LogP contribution in [0.2, 0.25) is 0 Å². The minimum Gasteiger partial charge on any atom is -0.393 e. The van der Waals surface area contributed by atoms with E-state index in [1.54, 1.807) is 6.92 Å². The van der Waals surface area contributed by atoms with Gasteiger partial charge in [0.05, 0.1) is 12.3 Å². The number of aliphatic hydroxyl groups excluding tert-OH is 1. The van der Waals surface area contributed by atoms with E-state index in [4.69, 9.17) is 5.11 Å². The molecule has 0 aliphatic carbocycles. The Morgan fingerprint density at radius 2 is 2.15 bits per heavy atom. The molecule has 0 unspecified atom stereocenters. The first-order chi connectivity index (χ1) is 6.08. The zero-order chi connectivity index (χ0) is 9.84. The van der Waals surface area contributed by atoms with Crippen molar-refractivity contribution in [2.75, 3.05) is 0 Å². The Kier molecular flexibility index (Phi) is 3.48. The van der Waals surface area contributed by atoms with Gasteiger partial charge >= 0.3 is 0 Å². The maximum Gasteiger partial charge on any atom is 0.0553 e. The third-order valence-corrected chi connectivity index (χ3v) is 1.77. The molecule has 74 valence electrons. The molecule has 0 spiro atoms. The van der Waals surface area contributed by atoms with Gasteiger partial charge in [0.25, 0.3) is 0 Å². The molecule has 1 rings (SSSR count). The quantitative estimate of drug-likeness (QED) is 0.765. The summed E-state index contributed by atoms with van der Waals surface area (Å²) in [6.07, 6.45) is 4.25. The maximum atomic E-state index is 9.16. The Labute approximate surface area is 79.4 Å². The normalized spacial score (nSPS) is 13.6. The Balaban J connectivity index is 2.53. The van der Waals surface area contributed by atoms with Crippen LogP contribution in [0.4, 0.5) is 0 Å². The van der Waals surface area contributed by atoms with E-state index in [0.29, 0.717) is 12.3 Å². The fourth-order valence-corrected chi connectivity index (χ4v) is 1.33. The lowest BCUT2D eigenvalue weighted by molar-refractivity contribution is 0.195. The van der Waals surface area contributed by atoms with Gasteiger partial charge in [-0.2, -0.15) is 5.10 Å². The summed E-state index contributed by atoms with van der Waals surface area (Å²) in [4.78, 5) is 0. The SMILES string of the molecule is CC(C)Cn1cc(C[C@H](C)O)cn1. The van der Waals surface area contributed by atoms with E-state index in [9.17, 15) is 0 Å². The van der Waals surface area contributed by atoms with Crippen LogP contribution in [0.5, 0.6) is 0 Å². The number of nitrogens with zero attached hydrogens (tertiary/aromatic N) is 2. The van der Waals surface area contributed by atoms with E-state index in [0.717, 1.165) is 12.1 Å². The van der Waals surface area contributed by atoms with E-state index in [-0.39, 0.29) is 6.10 Å². The summed E-state index contributed by atoms with van der Waals surface area (Å²) in [6, 6.07) is 0. The highest BCUT2D eigenvalue weighted by molar-refractivity contribution is 5.04. The van der Waals surface area contributed by atoms with Crippen molar-refractivity contribution in [3.63, 3.8) is 0 Å². The molecule has 3 nitrogen and oxygen atoms in total. The first-order valence-electron chi connectivity index (χ1n) is 4.77. The molecule has 0 saturated heterocycles. The van der Waals surface area contributed by atoms with Gasteiger partial charge in [0, 0.05) is 19.2 Å². The summed E-state index contributed by atoms with van der Waals surface area (Å²) in [5.41, 5.74) is 1.11. The molecule has 0 bridgehead atoms. The zero-order valence-electron chi connectivity index (χ0n) is 8.57. The molecule has 1 atom stereocenters. The van der Waals surface area contributed by atoms with Gasteiger partial charge in [-0.3, -0.25) is 4.68 Å². The summed E-state index contributed by atoms with van der Waals surface area (Å²) in [7, 11) is 0. The minimum atomic E-state index is -0.281. The van der Waals surface area contributed by atoms with Crippen molar-refractivity contribution in [2.24, 2.45) is 5.92 Å². The van der Waals surface area contributed by atoms with Crippen LogP contribution in [-0.4, -0.2) is 21.0 Å². The van der Waals surface area contributed by atoms with Crippen LogP contribution in [0.3, 0.4) is 0 Å². The van der Waals surface area contributed by atoms with Crippen molar-refractivity contribution in [3.05, 3.63) is 18.0 Å². The average Bonchev–Trinajstić information content (AvgIpc) is 2.33. The van der Waals surface area contributed by atoms with Crippen LogP contribution < -0.4 is 0 Å². The molecule has 0 fully saturated rings. The number of rotatable bonds is 4. The fraction of sp³-hybridized carbons (Fsp3) is 0.700. The zero-order valence-corrected chi connectivity index (χ0v) is 8.57. The lowest BCUT2D eigenvalue weighted by Gasteiger charge is -2.03. The van der Waals surface area contributed by atoms with Crippen LogP contribution in [0, 0.1) is 5.92 Å². The fourth-order valence-electron chi connectivity index (χ4n) is 1.33. The second-order valence-corrected chi connectivity index (χ2v) is 4.02. The third-order valence-electron chi connectivity index (χ3n) is 1.77. The largest absolute Gasteiger partial charge is 0.393 e. The molecule has 0 aliphatic rings. The maximum absolute atomic E-state index is 9.16. The van der Waals surface area contributed by atoms with E-state index in [2.05, 4.69) is 18.9 Å². The molecule has 1 heterocycles. The average molecular weight is 182 g/mol. The first-order valence-corrected chi connectivity index (χ1v) is 4.77. The second kappa shape index (κ2) is 4.42. The Bertz CT molecular complexity index is 229. The van der Waals surface area contributed by atoms with Crippen molar-refractivity contribution >= 4 is 0 Å². The predicted octanol–water partition coefficient (Wildman–Crippen LogP) is 1.46. The van der Waals surface area contributed by atoms with Crippen molar-refractivity contribution in [3.8, 4) is 0 Å². The topological polar surface area (TPSA) is 38.0 Å². The molecule has 1 N–H and O–H groups in total. The van der Waals surface area contributed by atoms with Crippen LogP contribution in [-0.2, 0) is 13.0 Å². The molecule has 0 saturated carbocycles. The van der Waals surface area contributed by atoms with Crippen LogP contribution >= 0.6 is 0 Å². The van der Waals surface area contributed by atoms with Crippen LogP contribution in [0.25, 0.3) is 0 Å². The van der Waals surface area contributed by atoms with Gasteiger partial charge in [-0.05, 0) is 18.4 Å².